The summed E-state index contributed by atoms with van der Waals surface area (Å²) < 4.78 is 18.5. The summed E-state index contributed by atoms with van der Waals surface area (Å²) in [5.74, 6) is 0.308. The van der Waals surface area contributed by atoms with E-state index < -0.39 is 16.8 Å². The maximum Gasteiger partial charge on any atom is 0.234 e. The minimum absolute atomic E-state index is 0.0206. The standard InChI is InChI=1S/C14H17ClFN3O/c1-13(2,14(3,4)17)12-18-11(19-20-12)8-5-6-10(16)9(15)7-8/h5-7H,17H2,1-4H3. The van der Waals surface area contributed by atoms with E-state index in [1.54, 1.807) is 6.07 Å². The van der Waals surface area contributed by atoms with E-state index in [0.717, 1.165) is 0 Å². The van der Waals surface area contributed by atoms with Gasteiger partial charge in [0.05, 0.1) is 10.4 Å². The molecule has 0 unspecified atom stereocenters. The van der Waals surface area contributed by atoms with Crippen LogP contribution in [0.5, 0.6) is 0 Å². The highest BCUT2D eigenvalue weighted by molar-refractivity contribution is 6.31. The maximum atomic E-state index is 13.2. The lowest BCUT2D eigenvalue weighted by atomic mass is 9.75. The van der Waals surface area contributed by atoms with Crippen LogP contribution in [0.25, 0.3) is 11.4 Å². The number of aromatic nitrogens is 2. The predicted octanol–water partition coefficient (Wildman–Crippen LogP) is 3.54. The van der Waals surface area contributed by atoms with Gasteiger partial charge in [-0.25, -0.2) is 4.39 Å². The van der Waals surface area contributed by atoms with Crippen molar-refractivity contribution < 1.29 is 8.91 Å². The number of nitrogens with two attached hydrogens (primary N) is 1. The van der Waals surface area contributed by atoms with Gasteiger partial charge in [-0.2, -0.15) is 4.98 Å². The van der Waals surface area contributed by atoms with Crippen LogP contribution in [0, 0.1) is 5.82 Å². The highest BCUT2D eigenvalue weighted by atomic mass is 35.5. The number of hydrogen-bond acceptors (Lipinski definition) is 4. The number of nitrogens with zero attached hydrogens (tertiary/aromatic N) is 2. The molecule has 1 heterocycles. The molecule has 0 amide bonds. The molecule has 2 aromatic rings. The lowest BCUT2D eigenvalue weighted by Crippen LogP contribution is -2.50. The summed E-state index contributed by atoms with van der Waals surface area (Å²) in [6.07, 6.45) is 0. The molecule has 0 saturated carbocycles. The Morgan fingerprint density at radius 1 is 1.25 bits per heavy atom. The predicted molar refractivity (Wildman–Crippen MR) is 76.0 cm³/mol. The van der Waals surface area contributed by atoms with Crippen LogP contribution in [0.15, 0.2) is 22.7 Å². The second-order valence-corrected chi connectivity index (χ2v) is 6.31. The third kappa shape index (κ3) is 2.55. The van der Waals surface area contributed by atoms with Gasteiger partial charge in [-0.05, 0) is 45.9 Å². The molecule has 4 nitrogen and oxygen atoms in total. The normalized spacial score (nSPS) is 12.8. The Morgan fingerprint density at radius 3 is 2.45 bits per heavy atom. The van der Waals surface area contributed by atoms with Crippen LogP contribution < -0.4 is 5.73 Å². The molecule has 108 valence electrons. The van der Waals surface area contributed by atoms with Crippen LogP contribution in [0.4, 0.5) is 4.39 Å². The van der Waals surface area contributed by atoms with Gasteiger partial charge in [0, 0.05) is 11.1 Å². The topological polar surface area (TPSA) is 64.9 Å². The first kappa shape index (κ1) is 14.9. The molecule has 0 saturated heterocycles. The van der Waals surface area contributed by atoms with E-state index in [1.807, 2.05) is 27.7 Å². The maximum absolute atomic E-state index is 13.2. The van der Waals surface area contributed by atoms with Crippen LogP contribution >= 0.6 is 11.6 Å². The summed E-state index contributed by atoms with van der Waals surface area (Å²) >= 11 is 5.75. The quantitative estimate of drug-likeness (QED) is 0.941. The van der Waals surface area contributed by atoms with Gasteiger partial charge < -0.3 is 10.3 Å². The number of hydrogen-bond donors (Lipinski definition) is 1. The molecule has 2 rings (SSSR count). The first-order valence-corrected chi connectivity index (χ1v) is 6.59. The van der Waals surface area contributed by atoms with Crippen molar-refractivity contribution in [2.45, 2.75) is 38.6 Å². The summed E-state index contributed by atoms with van der Waals surface area (Å²) in [5.41, 5.74) is 5.70. The van der Waals surface area contributed by atoms with Crippen LogP contribution in [0.2, 0.25) is 5.02 Å². The summed E-state index contributed by atoms with van der Waals surface area (Å²) in [6, 6.07) is 4.29. The zero-order valence-corrected chi connectivity index (χ0v) is 12.6. The number of halogens is 2. The molecule has 20 heavy (non-hydrogen) atoms. The van der Waals surface area contributed by atoms with Gasteiger partial charge in [0.15, 0.2) is 0 Å². The monoisotopic (exact) mass is 297 g/mol. The van der Waals surface area contributed by atoms with Crippen LogP contribution in [-0.4, -0.2) is 15.7 Å². The fraction of sp³-hybridized carbons (Fsp3) is 0.429. The van der Waals surface area contributed by atoms with E-state index in [2.05, 4.69) is 10.1 Å². The van der Waals surface area contributed by atoms with Gasteiger partial charge >= 0.3 is 0 Å². The lowest BCUT2D eigenvalue weighted by molar-refractivity contribution is 0.223. The van der Waals surface area contributed by atoms with E-state index in [4.69, 9.17) is 21.9 Å². The molecule has 0 aliphatic carbocycles. The van der Waals surface area contributed by atoms with Crippen molar-refractivity contribution in [3.63, 3.8) is 0 Å². The molecule has 0 bridgehead atoms. The average molecular weight is 298 g/mol. The lowest BCUT2D eigenvalue weighted by Gasteiger charge is -2.34. The summed E-state index contributed by atoms with van der Waals surface area (Å²) in [4.78, 5) is 4.35. The van der Waals surface area contributed by atoms with Gasteiger partial charge in [0.25, 0.3) is 0 Å². The van der Waals surface area contributed by atoms with Crippen molar-refractivity contribution in [3.8, 4) is 11.4 Å². The van der Waals surface area contributed by atoms with Gasteiger partial charge in [0.1, 0.15) is 5.82 Å². The van der Waals surface area contributed by atoms with Crippen molar-refractivity contribution in [2.24, 2.45) is 5.73 Å². The second-order valence-electron chi connectivity index (χ2n) is 5.90. The Bertz CT molecular complexity index is 632. The molecular formula is C14H17ClFN3O. The summed E-state index contributed by atoms with van der Waals surface area (Å²) in [7, 11) is 0. The van der Waals surface area contributed by atoms with Crippen LogP contribution in [-0.2, 0) is 5.41 Å². The van der Waals surface area contributed by atoms with Crippen molar-refractivity contribution in [1.29, 1.82) is 0 Å². The molecule has 0 aliphatic rings. The SMILES string of the molecule is CC(C)(N)C(C)(C)c1nc(-c2ccc(F)c(Cl)c2)no1. The fourth-order valence-corrected chi connectivity index (χ4v) is 1.69. The first-order valence-electron chi connectivity index (χ1n) is 6.21. The van der Waals surface area contributed by atoms with Crippen molar-refractivity contribution >= 4 is 11.6 Å². The first-order chi connectivity index (χ1) is 9.13. The van der Waals surface area contributed by atoms with E-state index >= 15 is 0 Å². The van der Waals surface area contributed by atoms with Crippen molar-refractivity contribution in [2.75, 3.05) is 0 Å². The van der Waals surface area contributed by atoms with Gasteiger partial charge in [0.2, 0.25) is 11.7 Å². The Kier molecular flexibility index (Phi) is 3.60. The highest BCUT2D eigenvalue weighted by Crippen LogP contribution is 2.33. The summed E-state index contributed by atoms with van der Waals surface area (Å²) in [6.45, 7) is 7.65. The molecule has 1 aromatic heterocycles. The molecular weight excluding hydrogens is 281 g/mol. The number of benzene rings is 1. The molecule has 1 aromatic carbocycles. The zero-order valence-electron chi connectivity index (χ0n) is 11.9. The minimum atomic E-state index is -0.531. The third-order valence-corrected chi connectivity index (χ3v) is 4.04. The van der Waals surface area contributed by atoms with E-state index in [9.17, 15) is 4.39 Å². The zero-order chi connectivity index (χ0) is 15.1. The number of rotatable bonds is 3. The van der Waals surface area contributed by atoms with Gasteiger partial charge in [-0.1, -0.05) is 16.8 Å². The molecule has 0 aliphatic heterocycles. The summed E-state index contributed by atoms with van der Waals surface area (Å²) in [5, 5.41) is 3.93. The molecule has 0 radical (unpaired) electrons. The van der Waals surface area contributed by atoms with Gasteiger partial charge in [-0.3, -0.25) is 0 Å². The Balaban J connectivity index is 2.41. The highest BCUT2D eigenvalue weighted by Gasteiger charge is 2.40. The van der Waals surface area contributed by atoms with Crippen molar-refractivity contribution in [1.82, 2.24) is 10.1 Å². The molecule has 0 atom stereocenters. The minimum Gasteiger partial charge on any atom is -0.338 e. The van der Waals surface area contributed by atoms with E-state index in [0.29, 0.717) is 17.3 Å². The van der Waals surface area contributed by atoms with E-state index in [-0.39, 0.29) is 5.02 Å². The fourth-order valence-electron chi connectivity index (χ4n) is 1.51. The van der Waals surface area contributed by atoms with Gasteiger partial charge in [-0.15, -0.1) is 0 Å². The smallest absolute Gasteiger partial charge is 0.234 e. The molecule has 0 fully saturated rings. The molecule has 2 N–H and O–H groups in total. The Morgan fingerprint density at radius 2 is 1.90 bits per heavy atom. The molecule has 0 spiro atoms. The van der Waals surface area contributed by atoms with E-state index in [1.165, 1.54) is 12.1 Å². The second kappa shape index (κ2) is 4.82. The Labute approximate surface area is 122 Å². The largest absolute Gasteiger partial charge is 0.338 e. The van der Waals surface area contributed by atoms with Crippen LogP contribution in [0.3, 0.4) is 0 Å². The average Bonchev–Trinajstić information content (AvgIpc) is 2.81. The third-order valence-electron chi connectivity index (χ3n) is 3.75. The van der Waals surface area contributed by atoms with Crippen LogP contribution in [0.1, 0.15) is 33.6 Å². The van der Waals surface area contributed by atoms with Crippen molar-refractivity contribution in [3.05, 3.63) is 34.9 Å². The Hall–Kier alpha value is -1.46. The molecule has 6 heteroatoms.